The second kappa shape index (κ2) is 12.5. The van der Waals surface area contributed by atoms with Crippen LogP contribution in [0.15, 0.2) is 53.6 Å². The minimum Gasteiger partial charge on any atom is -0.484 e. The van der Waals surface area contributed by atoms with Crippen molar-refractivity contribution in [1.29, 1.82) is 0 Å². The van der Waals surface area contributed by atoms with Crippen molar-refractivity contribution in [2.24, 2.45) is 5.10 Å². The summed E-state index contributed by atoms with van der Waals surface area (Å²) < 4.78 is 36.1. The first-order chi connectivity index (χ1) is 16.7. The number of nitrogens with zero attached hydrogens (tertiary/aromatic N) is 2. The van der Waals surface area contributed by atoms with Crippen LogP contribution in [0.3, 0.4) is 0 Å². The van der Waals surface area contributed by atoms with E-state index in [0.717, 1.165) is 30.0 Å². The molecule has 2 aromatic carbocycles. The van der Waals surface area contributed by atoms with Gasteiger partial charge in [0, 0.05) is 18.2 Å². The second-order valence-corrected chi connectivity index (χ2v) is 10.2. The van der Waals surface area contributed by atoms with E-state index in [1.807, 2.05) is 0 Å². The number of benzene rings is 2. The lowest BCUT2D eigenvalue weighted by Gasteiger charge is -2.21. The quantitative estimate of drug-likeness (QED) is 0.343. The van der Waals surface area contributed by atoms with Crippen LogP contribution in [0, 0.1) is 0 Å². The molecule has 2 aromatic rings. The molecule has 0 unspecified atom stereocenters. The summed E-state index contributed by atoms with van der Waals surface area (Å²) in [6, 6.07) is 12.9. The number of hydrogen-bond acceptors (Lipinski definition) is 7. The summed E-state index contributed by atoms with van der Waals surface area (Å²) in [5.41, 5.74) is 3.24. The molecule has 1 saturated heterocycles. The Morgan fingerprint density at radius 1 is 1.23 bits per heavy atom. The number of hydrazone groups is 1. The van der Waals surface area contributed by atoms with Crippen LogP contribution in [-0.2, 0) is 24.3 Å². The van der Waals surface area contributed by atoms with Gasteiger partial charge in [-0.3, -0.25) is 13.9 Å². The highest BCUT2D eigenvalue weighted by Crippen LogP contribution is 2.21. The number of halogens is 1. The summed E-state index contributed by atoms with van der Waals surface area (Å²) in [4.78, 5) is 24.1. The smallest absolute Gasteiger partial charge is 0.260 e. The zero-order valence-electron chi connectivity index (χ0n) is 19.1. The van der Waals surface area contributed by atoms with Gasteiger partial charge >= 0.3 is 0 Å². The summed E-state index contributed by atoms with van der Waals surface area (Å²) in [6.45, 7) is 0.640. The molecule has 188 valence electrons. The van der Waals surface area contributed by atoms with E-state index in [4.69, 9.17) is 21.1 Å². The van der Waals surface area contributed by atoms with E-state index in [1.54, 1.807) is 42.5 Å². The molecule has 1 atom stereocenters. The van der Waals surface area contributed by atoms with Crippen molar-refractivity contribution >= 4 is 45.3 Å². The van der Waals surface area contributed by atoms with Gasteiger partial charge in [-0.1, -0.05) is 17.7 Å². The van der Waals surface area contributed by atoms with Gasteiger partial charge in [-0.05, 0) is 60.9 Å². The Bertz CT molecular complexity index is 1150. The van der Waals surface area contributed by atoms with Crippen LogP contribution in [0.5, 0.6) is 5.75 Å². The van der Waals surface area contributed by atoms with Gasteiger partial charge < -0.3 is 14.8 Å². The van der Waals surface area contributed by atoms with Crippen molar-refractivity contribution in [3.8, 4) is 5.75 Å². The van der Waals surface area contributed by atoms with E-state index in [9.17, 15) is 18.0 Å². The largest absolute Gasteiger partial charge is 0.484 e. The first kappa shape index (κ1) is 26.5. The van der Waals surface area contributed by atoms with Crippen LogP contribution in [0.25, 0.3) is 0 Å². The number of hydrogen-bond donors (Lipinski definition) is 2. The van der Waals surface area contributed by atoms with Gasteiger partial charge in [-0.25, -0.2) is 13.8 Å². The lowest BCUT2D eigenvalue weighted by molar-refractivity contribution is -0.123. The highest BCUT2D eigenvalue weighted by atomic mass is 35.5. The van der Waals surface area contributed by atoms with Crippen molar-refractivity contribution in [2.45, 2.75) is 18.9 Å². The first-order valence-electron chi connectivity index (χ1n) is 10.9. The molecule has 2 N–H and O–H groups in total. The SMILES string of the molecule is CS(=O)(=O)N(CC(=O)N/N=C\c1ccc(OCC(=O)NC[C@H]2CCCO2)cc1)c1cccc(Cl)c1. The summed E-state index contributed by atoms with van der Waals surface area (Å²) in [5.74, 6) is -0.348. The van der Waals surface area contributed by atoms with Gasteiger partial charge in [-0.2, -0.15) is 5.10 Å². The molecule has 2 amide bonds. The molecular formula is C23H27ClN4O6S. The predicted molar refractivity (Wildman–Crippen MR) is 133 cm³/mol. The standard InChI is InChI=1S/C23H27ClN4O6S/c1-35(31,32)28(19-5-2-4-18(24)12-19)15-22(29)27-26-13-17-7-9-20(10-8-17)34-16-23(30)25-14-21-6-3-11-33-21/h2,4-5,7-10,12-13,21H,3,6,11,14-16H2,1H3,(H,25,30)(H,27,29)/b26-13-/t21-/m1/s1. The van der Waals surface area contributed by atoms with Gasteiger partial charge in [0.15, 0.2) is 6.61 Å². The van der Waals surface area contributed by atoms with Crippen LogP contribution < -0.4 is 19.8 Å². The molecule has 1 aliphatic heterocycles. The summed E-state index contributed by atoms with van der Waals surface area (Å²) in [6.07, 6.45) is 4.44. The maximum absolute atomic E-state index is 12.3. The fourth-order valence-electron chi connectivity index (χ4n) is 3.26. The molecule has 0 aromatic heterocycles. The summed E-state index contributed by atoms with van der Waals surface area (Å²) in [7, 11) is -3.72. The monoisotopic (exact) mass is 522 g/mol. The van der Waals surface area contributed by atoms with Crippen LogP contribution >= 0.6 is 11.6 Å². The molecule has 1 heterocycles. The minimum absolute atomic E-state index is 0.0734. The topological polar surface area (TPSA) is 126 Å². The second-order valence-electron chi connectivity index (χ2n) is 7.84. The lowest BCUT2D eigenvalue weighted by Crippen LogP contribution is -2.39. The number of amides is 2. The van der Waals surface area contributed by atoms with Gasteiger partial charge in [0.05, 0.1) is 24.3 Å². The summed E-state index contributed by atoms with van der Waals surface area (Å²) in [5, 5.41) is 7.00. The molecule has 10 nitrogen and oxygen atoms in total. The molecule has 12 heteroatoms. The molecule has 1 aliphatic rings. The van der Waals surface area contributed by atoms with E-state index in [2.05, 4.69) is 15.8 Å². The van der Waals surface area contributed by atoms with Gasteiger partial charge in [0.2, 0.25) is 10.0 Å². The van der Waals surface area contributed by atoms with Crippen LogP contribution in [-0.4, -0.2) is 65.1 Å². The average Bonchev–Trinajstić information content (AvgIpc) is 3.34. The molecular weight excluding hydrogens is 496 g/mol. The number of nitrogens with one attached hydrogen (secondary N) is 2. The number of sulfonamides is 1. The number of carbonyl (C=O) groups excluding carboxylic acids is 2. The fourth-order valence-corrected chi connectivity index (χ4v) is 4.29. The normalized spacial score (nSPS) is 15.7. The third-order valence-corrected chi connectivity index (χ3v) is 6.36. The van der Waals surface area contributed by atoms with E-state index in [0.29, 0.717) is 22.9 Å². The molecule has 0 radical (unpaired) electrons. The Balaban J connectivity index is 1.45. The molecule has 0 bridgehead atoms. The van der Waals surface area contributed by atoms with Crippen LogP contribution in [0.1, 0.15) is 18.4 Å². The molecule has 0 spiro atoms. The maximum atomic E-state index is 12.3. The molecule has 3 rings (SSSR count). The molecule has 0 saturated carbocycles. The molecule has 1 fully saturated rings. The fraction of sp³-hybridized carbons (Fsp3) is 0.348. The zero-order valence-corrected chi connectivity index (χ0v) is 20.7. The van der Waals surface area contributed by atoms with Crippen molar-refractivity contribution in [3.63, 3.8) is 0 Å². The van der Waals surface area contributed by atoms with Crippen LogP contribution in [0.4, 0.5) is 5.69 Å². The zero-order chi connectivity index (χ0) is 25.3. The Labute approximate surface area is 209 Å². The van der Waals surface area contributed by atoms with Gasteiger partial charge in [0.25, 0.3) is 11.8 Å². The third-order valence-electron chi connectivity index (χ3n) is 4.99. The van der Waals surface area contributed by atoms with Crippen LogP contribution in [0.2, 0.25) is 5.02 Å². The summed E-state index contributed by atoms with van der Waals surface area (Å²) >= 11 is 5.93. The Kier molecular flexibility index (Phi) is 9.47. The maximum Gasteiger partial charge on any atom is 0.260 e. The van der Waals surface area contributed by atoms with E-state index >= 15 is 0 Å². The molecule has 35 heavy (non-hydrogen) atoms. The molecule has 0 aliphatic carbocycles. The average molecular weight is 523 g/mol. The van der Waals surface area contributed by atoms with Gasteiger partial charge in [0.1, 0.15) is 12.3 Å². The first-order valence-corrected chi connectivity index (χ1v) is 13.1. The van der Waals surface area contributed by atoms with E-state index in [-0.39, 0.29) is 24.3 Å². The number of anilines is 1. The van der Waals surface area contributed by atoms with E-state index in [1.165, 1.54) is 12.3 Å². The lowest BCUT2D eigenvalue weighted by atomic mass is 10.2. The number of ether oxygens (including phenoxy) is 2. The van der Waals surface area contributed by atoms with E-state index < -0.39 is 22.5 Å². The highest BCUT2D eigenvalue weighted by molar-refractivity contribution is 7.92. The number of carbonyl (C=O) groups is 2. The van der Waals surface area contributed by atoms with Crippen molar-refractivity contribution in [1.82, 2.24) is 10.7 Å². The Morgan fingerprint density at radius 2 is 2.00 bits per heavy atom. The van der Waals surface area contributed by atoms with Gasteiger partial charge in [-0.15, -0.1) is 0 Å². The van der Waals surface area contributed by atoms with Crippen molar-refractivity contribution in [3.05, 3.63) is 59.1 Å². The predicted octanol–water partition coefficient (Wildman–Crippen LogP) is 1.93. The Hall–Kier alpha value is -3.15. The van der Waals surface area contributed by atoms with Crippen molar-refractivity contribution in [2.75, 3.05) is 36.9 Å². The number of rotatable bonds is 11. The minimum atomic E-state index is -3.72. The third kappa shape index (κ3) is 8.85. The Morgan fingerprint density at radius 3 is 2.66 bits per heavy atom. The van der Waals surface area contributed by atoms with Crippen molar-refractivity contribution < 1.29 is 27.5 Å². The highest BCUT2D eigenvalue weighted by Gasteiger charge is 2.21.